The number of fused-ring (bicyclic) bond motifs is 1. The van der Waals surface area contributed by atoms with Gasteiger partial charge in [-0.3, -0.25) is 0 Å². The lowest BCUT2D eigenvalue weighted by Crippen LogP contribution is -2.19. The lowest BCUT2D eigenvalue weighted by molar-refractivity contribution is 0.412. The van der Waals surface area contributed by atoms with Gasteiger partial charge in [-0.25, -0.2) is 0 Å². The Labute approximate surface area is 129 Å². The molecule has 1 N–H and O–H groups in total. The van der Waals surface area contributed by atoms with Gasteiger partial charge in [-0.15, -0.1) is 0 Å². The van der Waals surface area contributed by atoms with Gasteiger partial charge < -0.3 is 9.63 Å². The van der Waals surface area contributed by atoms with Crippen molar-refractivity contribution in [1.29, 1.82) is 0 Å². The summed E-state index contributed by atoms with van der Waals surface area (Å²) in [5, 5.41) is 14.0. The van der Waals surface area contributed by atoms with E-state index in [0.29, 0.717) is 17.3 Å². The van der Waals surface area contributed by atoms with Gasteiger partial charge in [-0.05, 0) is 35.7 Å². The molecule has 1 unspecified atom stereocenters. The van der Waals surface area contributed by atoms with E-state index in [-0.39, 0.29) is 11.7 Å². The number of phenols is 1. The van der Waals surface area contributed by atoms with E-state index < -0.39 is 0 Å². The largest absolute Gasteiger partial charge is 0.507 e. The van der Waals surface area contributed by atoms with Gasteiger partial charge in [0.15, 0.2) is 5.82 Å². The second-order valence-corrected chi connectivity index (χ2v) is 5.99. The van der Waals surface area contributed by atoms with Crippen LogP contribution >= 0.6 is 15.9 Å². The highest BCUT2D eigenvalue weighted by Gasteiger charge is 2.31. The van der Waals surface area contributed by atoms with Crippen molar-refractivity contribution < 1.29 is 9.63 Å². The first-order valence-corrected chi connectivity index (χ1v) is 7.42. The Hall–Kier alpha value is -2.14. The Kier molecular flexibility index (Phi) is 2.82. The normalized spacial score (nSPS) is 16.3. The van der Waals surface area contributed by atoms with Crippen LogP contribution in [0.1, 0.15) is 22.9 Å². The molecule has 0 saturated heterocycles. The molecule has 0 aliphatic heterocycles. The number of hydrogen-bond acceptors (Lipinski definition) is 4. The van der Waals surface area contributed by atoms with Crippen molar-refractivity contribution in [2.45, 2.75) is 12.3 Å². The SMILES string of the molecule is Oc1ccc(Br)cc1-c1nc(C2Cc3ccccc32)no1. The monoisotopic (exact) mass is 342 g/mol. The lowest BCUT2D eigenvalue weighted by Gasteiger charge is -2.27. The van der Waals surface area contributed by atoms with Gasteiger partial charge in [-0.1, -0.05) is 45.4 Å². The fourth-order valence-electron chi connectivity index (χ4n) is 2.65. The summed E-state index contributed by atoms with van der Waals surface area (Å²) in [6.07, 6.45) is 0.930. The molecule has 0 fully saturated rings. The molecule has 1 heterocycles. The Bertz CT molecular complexity index is 829. The summed E-state index contributed by atoms with van der Waals surface area (Å²) in [7, 11) is 0. The van der Waals surface area contributed by atoms with Crippen LogP contribution in [0.5, 0.6) is 5.75 Å². The van der Waals surface area contributed by atoms with E-state index in [1.165, 1.54) is 11.1 Å². The standard InChI is InChI=1S/C16H11BrN2O2/c17-10-5-6-14(20)13(8-10)16-18-15(19-21-16)12-7-9-3-1-2-4-11(9)12/h1-6,8,12,20H,7H2. The summed E-state index contributed by atoms with van der Waals surface area (Å²) in [4.78, 5) is 4.44. The number of rotatable bonds is 2. The molecule has 4 nitrogen and oxygen atoms in total. The van der Waals surface area contributed by atoms with Crippen LogP contribution in [0.2, 0.25) is 0 Å². The van der Waals surface area contributed by atoms with Crippen LogP contribution in [-0.4, -0.2) is 15.2 Å². The van der Waals surface area contributed by atoms with E-state index in [0.717, 1.165) is 10.9 Å². The zero-order chi connectivity index (χ0) is 14.4. The summed E-state index contributed by atoms with van der Waals surface area (Å²) < 4.78 is 6.17. The molecule has 0 amide bonds. The third-order valence-electron chi connectivity index (χ3n) is 3.80. The topological polar surface area (TPSA) is 59.2 Å². The molecule has 0 bridgehead atoms. The van der Waals surface area contributed by atoms with Crippen LogP contribution in [0.4, 0.5) is 0 Å². The van der Waals surface area contributed by atoms with Crippen molar-refractivity contribution in [3.8, 4) is 17.2 Å². The van der Waals surface area contributed by atoms with Crippen molar-refractivity contribution in [3.05, 3.63) is 63.9 Å². The highest BCUT2D eigenvalue weighted by molar-refractivity contribution is 9.10. The Morgan fingerprint density at radius 1 is 1.19 bits per heavy atom. The highest BCUT2D eigenvalue weighted by Crippen LogP contribution is 2.39. The zero-order valence-electron chi connectivity index (χ0n) is 11.0. The molecular formula is C16H11BrN2O2. The average molecular weight is 343 g/mol. The second-order valence-electron chi connectivity index (χ2n) is 5.07. The van der Waals surface area contributed by atoms with E-state index in [1.807, 2.05) is 12.1 Å². The van der Waals surface area contributed by atoms with Gasteiger partial charge in [-0.2, -0.15) is 4.98 Å². The summed E-state index contributed by atoms with van der Waals surface area (Å²) >= 11 is 3.37. The molecule has 104 valence electrons. The van der Waals surface area contributed by atoms with Gasteiger partial charge in [0.05, 0.1) is 11.5 Å². The summed E-state index contributed by atoms with van der Waals surface area (Å²) in [6, 6.07) is 13.4. The van der Waals surface area contributed by atoms with E-state index in [9.17, 15) is 5.11 Å². The number of hydrogen-bond donors (Lipinski definition) is 1. The first-order chi connectivity index (χ1) is 10.2. The first kappa shape index (κ1) is 12.6. The van der Waals surface area contributed by atoms with Gasteiger partial charge in [0, 0.05) is 4.47 Å². The van der Waals surface area contributed by atoms with Gasteiger partial charge in [0.25, 0.3) is 5.89 Å². The molecule has 5 heteroatoms. The zero-order valence-corrected chi connectivity index (χ0v) is 12.5. The van der Waals surface area contributed by atoms with Crippen molar-refractivity contribution in [2.75, 3.05) is 0 Å². The molecule has 1 aliphatic rings. The number of phenolic OH excluding ortho intramolecular Hbond substituents is 1. The number of aromatic hydroxyl groups is 1. The van der Waals surface area contributed by atoms with Crippen LogP contribution in [0.3, 0.4) is 0 Å². The number of halogens is 1. The fraction of sp³-hybridized carbons (Fsp3) is 0.125. The van der Waals surface area contributed by atoms with Crippen molar-refractivity contribution in [3.63, 3.8) is 0 Å². The van der Waals surface area contributed by atoms with Crippen LogP contribution < -0.4 is 0 Å². The maximum absolute atomic E-state index is 9.92. The van der Waals surface area contributed by atoms with Crippen LogP contribution in [0.15, 0.2) is 51.5 Å². The summed E-state index contributed by atoms with van der Waals surface area (Å²) in [5.74, 6) is 1.33. The quantitative estimate of drug-likeness (QED) is 0.767. The number of nitrogens with zero attached hydrogens (tertiary/aromatic N) is 2. The smallest absolute Gasteiger partial charge is 0.261 e. The number of benzene rings is 2. The highest BCUT2D eigenvalue weighted by atomic mass is 79.9. The lowest BCUT2D eigenvalue weighted by atomic mass is 9.77. The minimum Gasteiger partial charge on any atom is -0.507 e. The maximum atomic E-state index is 9.92. The predicted octanol–water partition coefficient (Wildman–Crippen LogP) is 3.89. The Morgan fingerprint density at radius 2 is 2.05 bits per heavy atom. The first-order valence-electron chi connectivity index (χ1n) is 6.62. The molecule has 1 atom stereocenters. The third kappa shape index (κ3) is 2.05. The van der Waals surface area contributed by atoms with Crippen LogP contribution in [0, 0.1) is 0 Å². The van der Waals surface area contributed by atoms with Gasteiger partial charge in [0.1, 0.15) is 5.75 Å². The second kappa shape index (κ2) is 4.70. The van der Waals surface area contributed by atoms with E-state index in [4.69, 9.17) is 4.52 Å². The molecule has 21 heavy (non-hydrogen) atoms. The molecule has 1 aromatic heterocycles. The van der Waals surface area contributed by atoms with Gasteiger partial charge >= 0.3 is 0 Å². The van der Waals surface area contributed by atoms with E-state index in [1.54, 1.807) is 18.2 Å². The average Bonchev–Trinajstić information content (AvgIpc) is 2.92. The summed E-state index contributed by atoms with van der Waals surface area (Å²) in [6.45, 7) is 0. The molecular weight excluding hydrogens is 332 g/mol. The van der Waals surface area contributed by atoms with Crippen molar-refractivity contribution in [2.24, 2.45) is 0 Å². The Morgan fingerprint density at radius 3 is 2.90 bits per heavy atom. The number of aromatic nitrogens is 2. The van der Waals surface area contributed by atoms with E-state index >= 15 is 0 Å². The van der Waals surface area contributed by atoms with Crippen molar-refractivity contribution in [1.82, 2.24) is 10.1 Å². The third-order valence-corrected chi connectivity index (χ3v) is 4.29. The van der Waals surface area contributed by atoms with Crippen molar-refractivity contribution >= 4 is 15.9 Å². The van der Waals surface area contributed by atoms with Crippen LogP contribution in [0.25, 0.3) is 11.5 Å². The fourth-order valence-corrected chi connectivity index (χ4v) is 3.02. The molecule has 3 aromatic rings. The molecule has 0 spiro atoms. The minimum atomic E-state index is 0.127. The predicted molar refractivity (Wildman–Crippen MR) is 81.1 cm³/mol. The van der Waals surface area contributed by atoms with Gasteiger partial charge in [0.2, 0.25) is 0 Å². The molecule has 1 aliphatic carbocycles. The molecule has 2 aromatic carbocycles. The van der Waals surface area contributed by atoms with Crippen LogP contribution in [-0.2, 0) is 6.42 Å². The summed E-state index contributed by atoms with van der Waals surface area (Å²) in [5.41, 5.74) is 3.12. The molecule has 0 saturated carbocycles. The minimum absolute atomic E-state index is 0.127. The maximum Gasteiger partial charge on any atom is 0.261 e. The molecule has 4 rings (SSSR count). The Balaban J connectivity index is 1.70. The molecule has 0 radical (unpaired) electrons. The van der Waals surface area contributed by atoms with E-state index in [2.05, 4.69) is 38.2 Å².